The molecule has 0 fully saturated rings. The first kappa shape index (κ1) is 16.8. The second-order valence-electron chi connectivity index (χ2n) is 6.82. The molecule has 0 unspecified atom stereocenters. The molecule has 0 amide bonds. The quantitative estimate of drug-likeness (QED) is 0.400. The van der Waals surface area contributed by atoms with E-state index in [2.05, 4.69) is 30.1 Å². The molecule has 6 aromatic heterocycles. The molecule has 8 nitrogen and oxygen atoms in total. The van der Waals surface area contributed by atoms with Crippen LogP contribution < -0.4 is 5.73 Å². The van der Waals surface area contributed by atoms with Crippen LogP contribution in [-0.2, 0) is 0 Å². The normalized spacial score (nSPS) is 11.5. The van der Waals surface area contributed by atoms with Gasteiger partial charge in [-0.15, -0.1) is 11.3 Å². The summed E-state index contributed by atoms with van der Waals surface area (Å²) in [5.41, 5.74) is 12.2. The maximum Gasteiger partial charge on any atom is 0.159 e. The number of nitrogens with zero attached hydrogens (tertiary/aromatic N) is 5. The van der Waals surface area contributed by atoms with E-state index in [4.69, 9.17) is 10.7 Å². The monoisotopic (exact) mass is 410 g/mol. The molecule has 0 aliphatic rings. The lowest BCUT2D eigenvalue weighted by Gasteiger charge is -2.02. The first-order chi connectivity index (χ1) is 14.8. The molecule has 6 heterocycles. The largest absolute Gasteiger partial charge is 0.397 e. The van der Waals surface area contributed by atoms with Crippen LogP contribution in [0.3, 0.4) is 0 Å². The van der Waals surface area contributed by atoms with Crippen LogP contribution in [0.5, 0.6) is 0 Å². The SMILES string of the molecule is Nc1cncc(-c2cnc3[nH]nc(-c4nc5c(-c6cccs6)nccc5[nH]4)c3c2)c1. The van der Waals surface area contributed by atoms with Crippen molar-refractivity contribution in [3.05, 3.63) is 60.5 Å². The van der Waals surface area contributed by atoms with E-state index in [-0.39, 0.29) is 0 Å². The summed E-state index contributed by atoms with van der Waals surface area (Å²) in [6.07, 6.45) is 6.94. The van der Waals surface area contributed by atoms with E-state index in [0.717, 1.165) is 38.1 Å². The molecule has 0 saturated heterocycles. The summed E-state index contributed by atoms with van der Waals surface area (Å²) in [5.74, 6) is 0.659. The van der Waals surface area contributed by atoms with Gasteiger partial charge in [-0.2, -0.15) is 5.10 Å². The number of fused-ring (bicyclic) bond motifs is 2. The van der Waals surface area contributed by atoms with Crippen LogP contribution in [0.4, 0.5) is 5.69 Å². The molecule has 4 N–H and O–H groups in total. The summed E-state index contributed by atoms with van der Waals surface area (Å²) in [4.78, 5) is 22.5. The number of nitrogen functional groups attached to an aromatic ring is 1. The second-order valence-corrected chi connectivity index (χ2v) is 7.77. The third kappa shape index (κ3) is 2.64. The van der Waals surface area contributed by atoms with Gasteiger partial charge < -0.3 is 10.7 Å². The van der Waals surface area contributed by atoms with Gasteiger partial charge in [-0.25, -0.2) is 9.97 Å². The fourth-order valence-corrected chi connectivity index (χ4v) is 4.22. The molecule has 0 radical (unpaired) electrons. The Morgan fingerprint density at radius 2 is 1.90 bits per heavy atom. The summed E-state index contributed by atoms with van der Waals surface area (Å²) < 4.78 is 0. The molecule has 0 spiro atoms. The van der Waals surface area contributed by atoms with Crippen LogP contribution in [0.15, 0.2) is 60.5 Å². The van der Waals surface area contributed by atoms with Crippen LogP contribution in [0.2, 0.25) is 0 Å². The number of hydrogen-bond donors (Lipinski definition) is 3. The van der Waals surface area contributed by atoms with Crippen molar-refractivity contribution in [2.24, 2.45) is 0 Å². The summed E-state index contributed by atoms with van der Waals surface area (Å²) in [6, 6.07) is 9.85. The Bertz CT molecular complexity index is 1510. The predicted octanol–water partition coefficient (Wildman–Crippen LogP) is 4.27. The van der Waals surface area contributed by atoms with Crippen molar-refractivity contribution in [2.75, 3.05) is 5.73 Å². The van der Waals surface area contributed by atoms with Gasteiger partial charge in [0.1, 0.15) is 16.9 Å². The molecule has 144 valence electrons. The van der Waals surface area contributed by atoms with Crippen molar-refractivity contribution in [3.8, 4) is 33.2 Å². The van der Waals surface area contributed by atoms with Gasteiger partial charge in [-0.05, 0) is 29.6 Å². The highest BCUT2D eigenvalue weighted by Gasteiger charge is 2.17. The maximum atomic E-state index is 5.89. The van der Waals surface area contributed by atoms with Crippen LogP contribution in [0.1, 0.15) is 0 Å². The van der Waals surface area contributed by atoms with Gasteiger partial charge in [0.25, 0.3) is 0 Å². The Balaban J connectivity index is 1.52. The van der Waals surface area contributed by atoms with E-state index in [9.17, 15) is 0 Å². The van der Waals surface area contributed by atoms with Crippen LogP contribution in [0, 0.1) is 0 Å². The topological polar surface area (TPSA) is 122 Å². The highest BCUT2D eigenvalue weighted by atomic mass is 32.1. The molecular formula is C21H14N8S. The standard InChI is InChI=1S/C21H14N8S/c22-13-6-11(8-23-10-13)12-7-14-17(28-29-20(14)25-9-12)21-26-15-3-4-24-19(18(15)27-21)16-2-1-5-30-16/h1-10H,22H2,(H,26,27)(H,25,28,29). The number of imidazole rings is 1. The zero-order chi connectivity index (χ0) is 20.1. The van der Waals surface area contributed by atoms with Gasteiger partial charge in [0.05, 0.1) is 21.5 Å². The smallest absolute Gasteiger partial charge is 0.159 e. The first-order valence-electron chi connectivity index (χ1n) is 9.20. The Labute approximate surface area is 173 Å². The van der Waals surface area contributed by atoms with Gasteiger partial charge in [0.2, 0.25) is 0 Å². The van der Waals surface area contributed by atoms with Crippen molar-refractivity contribution in [2.45, 2.75) is 0 Å². The van der Waals surface area contributed by atoms with Gasteiger partial charge in [0, 0.05) is 35.9 Å². The fourth-order valence-electron chi connectivity index (χ4n) is 3.50. The molecule has 30 heavy (non-hydrogen) atoms. The number of nitrogens with one attached hydrogen (secondary N) is 2. The van der Waals surface area contributed by atoms with E-state index < -0.39 is 0 Å². The highest BCUT2D eigenvalue weighted by Crippen LogP contribution is 2.32. The zero-order valence-electron chi connectivity index (χ0n) is 15.5. The summed E-state index contributed by atoms with van der Waals surface area (Å²) in [7, 11) is 0. The number of anilines is 1. The number of rotatable bonds is 3. The number of hydrogen-bond acceptors (Lipinski definition) is 7. The minimum atomic E-state index is 0.603. The van der Waals surface area contributed by atoms with Crippen LogP contribution >= 0.6 is 11.3 Å². The van der Waals surface area contributed by atoms with E-state index in [0.29, 0.717) is 22.9 Å². The average Bonchev–Trinajstić information content (AvgIpc) is 3.51. The molecule has 0 aliphatic heterocycles. The molecule has 6 aromatic rings. The van der Waals surface area contributed by atoms with E-state index in [1.807, 2.05) is 35.7 Å². The van der Waals surface area contributed by atoms with E-state index in [1.165, 1.54) is 0 Å². The maximum absolute atomic E-state index is 5.89. The molecule has 0 aromatic carbocycles. The Morgan fingerprint density at radius 3 is 2.77 bits per heavy atom. The van der Waals surface area contributed by atoms with E-state index >= 15 is 0 Å². The summed E-state index contributed by atoms with van der Waals surface area (Å²) >= 11 is 1.64. The number of H-pyrrole nitrogens is 2. The van der Waals surface area contributed by atoms with Gasteiger partial charge >= 0.3 is 0 Å². The Hall–Kier alpha value is -4.11. The fraction of sp³-hybridized carbons (Fsp3) is 0. The minimum Gasteiger partial charge on any atom is -0.397 e. The lowest BCUT2D eigenvalue weighted by molar-refractivity contribution is 1.09. The summed E-state index contributed by atoms with van der Waals surface area (Å²) in [6.45, 7) is 0. The van der Waals surface area contributed by atoms with Crippen molar-refractivity contribution in [1.82, 2.24) is 35.1 Å². The molecule has 9 heteroatoms. The predicted molar refractivity (Wildman–Crippen MR) is 118 cm³/mol. The lowest BCUT2D eigenvalue weighted by atomic mass is 10.1. The second kappa shape index (κ2) is 6.46. The number of aromatic nitrogens is 7. The Kier molecular flexibility index (Phi) is 3.62. The van der Waals surface area contributed by atoms with Gasteiger partial charge in [-0.3, -0.25) is 15.1 Å². The third-order valence-corrected chi connectivity index (χ3v) is 5.77. The molecule has 0 aliphatic carbocycles. The highest BCUT2D eigenvalue weighted by molar-refractivity contribution is 7.13. The van der Waals surface area contributed by atoms with E-state index in [1.54, 1.807) is 36.1 Å². The van der Waals surface area contributed by atoms with Gasteiger partial charge in [-0.1, -0.05) is 6.07 Å². The zero-order valence-corrected chi connectivity index (χ0v) is 16.3. The first-order valence-corrected chi connectivity index (χ1v) is 10.1. The minimum absolute atomic E-state index is 0.603. The third-order valence-electron chi connectivity index (χ3n) is 4.89. The lowest BCUT2D eigenvalue weighted by Crippen LogP contribution is -1.89. The van der Waals surface area contributed by atoms with Crippen molar-refractivity contribution in [3.63, 3.8) is 0 Å². The number of nitrogens with two attached hydrogens (primary N) is 1. The van der Waals surface area contributed by atoms with Crippen molar-refractivity contribution >= 4 is 39.1 Å². The van der Waals surface area contributed by atoms with Crippen molar-refractivity contribution in [1.29, 1.82) is 0 Å². The van der Waals surface area contributed by atoms with Crippen LogP contribution in [0.25, 0.3) is 55.3 Å². The molecule has 0 atom stereocenters. The summed E-state index contributed by atoms with van der Waals surface area (Å²) in [5, 5.41) is 10.3. The molecule has 0 bridgehead atoms. The average molecular weight is 410 g/mol. The van der Waals surface area contributed by atoms with Crippen LogP contribution in [-0.4, -0.2) is 35.1 Å². The van der Waals surface area contributed by atoms with Crippen molar-refractivity contribution < 1.29 is 0 Å². The van der Waals surface area contributed by atoms with Gasteiger partial charge in [0.15, 0.2) is 11.5 Å². The number of pyridine rings is 3. The molecular weight excluding hydrogens is 396 g/mol. The molecule has 6 rings (SSSR count). The number of thiophene rings is 1. The molecule has 0 saturated carbocycles. The Morgan fingerprint density at radius 1 is 0.967 bits per heavy atom. The number of aromatic amines is 2.